The number of amides is 1. The summed E-state index contributed by atoms with van der Waals surface area (Å²) in [5.41, 5.74) is 2.41. The van der Waals surface area contributed by atoms with E-state index in [-0.39, 0.29) is 36.4 Å². The Bertz CT molecular complexity index is 815. The van der Waals surface area contributed by atoms with Crippen molar-refractivity contribution in [3.63, 3.8) is 0 Å². The molecule has 0 bridgehead atoms. The molecular weight excluding hydrogens is 475 g/mol. The highest BCUT2D eigenvalue weighted by atomic mass is 127. The molecular formula is C20H22ClIN4O. The second-order valence-corrected chi connectivity index (χ2v) is 5.88. The molecule has 27 heavy (non-hydrogen) atoms. The van der Waals surface area contributed by atoms with Crippen molar-refractivity contribution in [1.82, 2.24) is 10.6 Å². The molecule has 7 heteroatoms. The quantitative estimate of drug-likeness (QED) is 0.248. The number of carbonyl (C=O) groups is 1. The number of nitrogens with one attached hydrogen (secondary N) is 3. The first-order chi connectivity index (χ1) is 12.6. The minimum Gasteiger partial charge on any atom is -0.357 e. The van der Waals surface area contributed by atoms with Crippen molar-refractivity contribution >= 4 is 53.1 Å². The number of nitrogens with zero attached hydrogens (tertiary/aromatic N) is 1. The van der Waals surface area contributed by atoms with Gasteiger partial charge >= 0.3 is 0 Å². The number of hydrogen-bond acceptors (Lipinski definition) is 2. The SMILES string of the molecule is C#Cc1cccc(NC(=O)CNC(=NCc2ccc(Cl)cc2)NCC)c1.I. The summed E-state index contributed by atoms with van der Waals surface area (Å²) in [5.74, 6) is 2.92. The van der Waals surface area contributed by atoms with Crippen LogP contribution in [0.3, 0.4) is 0 Å². The largest absolute Gasteiger partial charge is 0.357 e. The maximum atomic E-state index is 12.1. The highest BCUT2D eigenvalue weighted by Gasteiger charge is 2.05. The van der Waals surface area contributed by atoms with Crippen LogP contribution in [0.5, 0.6) is 0 Å². The van der Waals surface area contributed by atoms with Crippen LogP contribution in [0.4, 0.5) is 5.69 Å². The summed E-state index contributed by atoms with van der Waals surface area (Å²) in [6.07, 6.45) is 5.36. The molecule has 0 spiro atoms. The zero-order valence-corrected chi connectivity index (χ0v) is 18.0. The average Bonchev–Trinajstić information content (AvgIpc) is 2.65. The Labute approximate surface area is 182 Å². The van der Waals surface area contributed by atoms with Gasteiger partial charge in [-0.25, -0.2) is 4.99 Å². The molecule has 5 nitrogen and oxygen atoms in total. The fourth-order valence-corrected chi connectivity index (χ4v) is 2.28. The second kappa shape index (κ2) is 12.2. The van der Waals surface area contributed by atoms with Crippen LogP contribution >= 0.6 is 35.6 Å². The summed E-state index contributed by atoms with van der Waals surface area (Å²) in [6, 6.07) is 14.6. The average molecular weight is 497 g/mol. The Kier molecular flexibility index (Phi) is 10.3. The van der Waals surface area contributed by atoms with Gasteiger partial charge in [0.25, 0.3) is 0 Å². The van der Waals surface area contributed by atoms with Crippen LogP contribution in [0.25, 0.3) is 0 Å². The molecule has 0 saturated carbocycles. The van der Waals surface area contributed by atoms with Gasteiger partial charge in [-0.05, 0) is 42.8 Å². The summed E-state index contributed by atoms with van der Waals surface area (Å²) in [4.78, 5) is 16.6. The van der Waals surface area contributed by atoms with Crippen LogP contribution in [-0.2, 0) is 11.3 Å². The predicted octanol–water partition coefficient (Wildman–Crippen LogP) is 3.63. The van der Waals surface area contributed by atoms with E-state index in [4.69, 9.17) is 18.0 Å². The van der Waals surface area contributed by atoms with Crippen molar-refractivity contribution in [2.24, 2.45) is 4.99 Å². The molecule has 142 valence electrons. The van der Waals surface area contributed by atoms with Gasteiger partial charge in [0.1, 0.15) is 0 Å². The van der Waals surface area contributed by atoms with E-state index in [1.54, 1.807) is 24.3 Å². The Balaban J connectivity index is 0.00000364. The molecule has 0 fully saturated rings. The number of hydrogen-bond donors (Lipinski definition) is 3. The van der Waals surface area contributed by atoms with E-state index in [1.165, 1.54) is 0 Å². The molecule has 0 radical (unpaired) electrons. The Morgan fingerprint density at radius 1 is 1.19 bits per heavy atom. The van der Waals surface area contributed by atoms with Gasteiger partial charge in [0.05, 0.1) is 13.1 Å². The highest BCUT2D eigenvalue weighted by Crippen LogP contribution is 2.10. The maximum Gasteiger partial charge on any atom is 0.243 e. The van der Waals surface area contributed by atoms with E-state index >= 15 is 0 Å². The van der Waals surface area contributed by atoms with Crippen LogP contribution in [0.15, 0.2) is 53.5 Å². The summed E-state index contributed by atoms with van der Waals surface area (Å²) in [7, 11) is 0. The molecule has 2 aromatic rings. The van der Waals surface area contributed by atoms with Crippen LogP contribution in [-0.4, -0.2) is 25.0 Å². The van der Waals surface area contributed by atoms with Crippen molar-refractivity contribution in [3.8, 4) is 12.3 Å². The topological polar surface area (TPSA) is 65.5 Å². The molecule has 0 heterocycles. The zero-order chi connectivity index (χ0) is 18.8. The minimum atomic E-state index is -0.184. The summed E-state index contributed by atoms with van der Waals surface area (Å²) in [5, 5.41) is 9.61. The van der Waals surface area contributed by atoms with Gasteiger partial charge in [-0.3, -0.25) is 4.79 Å². The van der Waals surface area contributed by atoms with Crippen molar-refractivity contribution in [2.45, 2.75) is 13.5 Å². The van der Waals surface area contributed by atoms with E-state index in [1.807, 2.05) is 31.2 Å². The van der Waals surface area contributed by atoms with Gasteiger partial charge in [0.2, 0.25) is 5.91 Å². The smallest absolute Gasteiger partial charge is 0.243 e. The van der Waals surface area contributed by atoms with E-state index < -0.39 is 0 Å². The first-order valence-corrected chi connectivity index (χ1v) is 8.61. The Morgan fingerprint density at radius 2 is 1.93 bits per heavy atom. The van der Waals surface area contributed by atoms with Gasteiger partial charge in [-0.1, -0.05) is 35.7 Å². The third kappa shape index (κ3) is 8.33. The standard InChI is InChI=1S/C20H21ClN4O.HI/c1-3-15-6-5-7-18(12-15)25-19(26)14-24-20(22-4-2)23-13-16-8-10-17(21)11-9-16;/h1,5-12H,4,13-14H2,2H3,(H,25,26)(H2,22,23,24);1H. The minimum absolute atomic E-state index is 0. The lowest BCUT2D eigenvalue weighted by molar-refractivity contribution is -0.115. The van der Waals surface area contributed by atoms with Gasteiger partial charge in [-0.15, -0.1) is 30.4 Å². The molecule has 0 aliphatic heterocycles. The molecule has 0 aliphatic rings. The van der Waals surface area contributed by atoms with Crippen molar-refractivity contribution in [1.29, 1.82) is 0 Å². The van der Waals surface area contributed by atoms with Crippen molar-refractivity contribution < 1.29 is 4.79 Å². The molecule has 1 amide bonds. The lowest BCUT2D eigenvalue weighted by atomic mass is 10.2. The first kappa shape index (κ1) is 22.8. The molecule has 0 aliphatic carbocycles. The van der Waals surface area contributed by atoms with E-state index in [0.717, 1.165) is 5.56 Å². The fourth-order valence-electron chi connectivity index (χ4n) is 2.16. The van der Waals surface area contributed by atoms with Gasteiger partial charge in [0, 0.05) is 22.8 Å². The molecule has 2 aromatic carbocycles. The number of aliphatic imine (C=N–C) groups is 1. The number of carbonyl (C=O) groups excluding carboxylic acids is 1. The van der Waals surface area contributed by atoms with Crippen LogP contribution in [0, 0.1) is 12.3 Å². The lowest BCUT2D eigenvalue weighted by Gasteiger charge is -2.12. The third-order valence-corrected chi connectivity index (χ3v) is 3.66. The molecule has 3 N–H and O–H groups in total. The van der Waals surface area contributed by atoms with Gasteiger partial charge in [0.15, 0.2) is 5.96 Å². The normalized spacial score (nSPS) is 10.3. The molecule has 0 saturated heterocycles. The van der Waals surface area contributed by atoms with E-state index in [9.17, 15) is 4.79 Å². The number of anilines is 1. The number of rotatable bonds is 6. The summed E-state index contributed by atoms with van der Waals surface area (Å²) in [6.45, 7) is 3.23. The molecule has 2 rings (SSSR count). The zero-order valence-electron chi connectivity index (χ0n) is 15.0. The third-order valence-electron chi connectivity index (χ3n) is 3.41. The molecule has 0 aromatic heterocycles. The number of halogens is 2. The molecule has 0 atom stereocenters. The molecule has 0 unspecified atom stereocenters. The second-order valence-electron chi connectivity index (χ2n) is 5.45. The highest BCUT2D eigenvalue weighted by molar-refractivity contribution is 14.0. The summed E-state index contributed by atoms with van der Waals surface area (Å²) >= 11 is 5.88. The van der Waals surface area contributed by atoms with Crippen molar-refractivity contribution in [3.05, 3.63) is 64.7 Å². The van der Waals surface area contributed by atoms with Crippen LogP contribution < -0.4 is 16.0 Å². The van der Waals surface area contributed by atoms with Crippen LogP contribution in [0.1, 0.15) is 18.1 Å². The first-order valence-electron chi connectivity index (χ1n) is 8.24. The lowest BCUT2D eigenvalue weighted by Crippen LogP contribution is -2.41. The predicted molar refractivity (Wildman–Crippen MR) is 123 cm³/mol. The Morgan fingerprint density at radius 3 is 2.59 bits per heavy atom. The fraction of sp³-hybridized carbons (Fsp3) is 0.200. The van der Waals surface area contributed by atoms with Crippen molar-refractivity contribution in [2.75, 3.05) is 18.4 Å². The van der Waals surface area contributed by atoms with E-state index in [0.29, 0.717) is 35.3 Å². The van der Waals surface area contributed by atoms with Crippen LogP contribution in [0.2, 0.25) is 5.02 Å². The number of benzene rings is 2. The Hall–Kier alpha value is -2.24. The summed E-state index contributed by atoms with van der Waals surface area (Å²) < 4.78 is 0. The van der Waals surface area contributed by atoms with Gasteiger partial charge in [-0.2, -0.15) is 0 Å². The van der Waals surface area contributed by atoms with E-state index in [2.05, 4.69) is 26.9 Å². The number of terminal acetylenes is 1. The number of guanidine groups is 1. The maximum absolute atomic E-state index is 12.1. The van der Waals surface area contributed by atoms with Gasteiger partial charge < -0.3 is 16.0 Å². The monoisotopic (exact) mass is 496 g/mol.